The number of hydrogen-bond donors (Lipinski definition) is 2. The summed E-state index contributed by atoms with van der Waals surface area (Å²) in [5, 5.41) is 15.6. The number of aliphatic hydroxyl groups excluding tert-OH is 1. The summed E-state index contributed by atoms with van der Waals surface area (Å²) < 4.78 is 43.3. The summed E-state index contributed by atoms with van der Waals surface area (Å²) in [7, 11) is 0. The van der Waals surface area contributed by atoms with Crippen LogP contribution >= 0.6 is 11.6 Å². The van der Waals surface area contributed by atoms with Crippen molar-refractivity contribution in [1.82, 2.24) is 10.1 Å². The smallest absolute Gasteiger partial charge is 0.395 e. The fraction of sp³-hybridized carbons (Fsp3) is 0.471. The minimum absolute atomic E-state index is 0.111. The fourth-order valence-electron chi connectivity index (χ4n) is 2.65. The van der Waals surface area contributed by atoms with Gasteiger partial charge in [0.25, 0.3) is 0 Å². The first-order chi connectivity index (χ1) is 13.0. The van der Waals surface area contributed by atoms with Gasteiger partial charge in [0.15, 0.2) is 0 Å². The molecule has 0 bridgehead atoms. The van der Waals surface area contributed by atoms with Crippen molar-refractivity contribution in [2.75, 3.05) is 23.4 Å². The standard InChI is InChI=1S/C17H18ClF3N4O3/c1-16(2,8-26)12-6-13(28-24-12)23-15(27)11-3-4-25(11)14-10(18)5-9(7-22-14)17(19,20)21/h5-7,11,26H,3-4,8H2,1-2H3,(H,23,27)/t11-/m0/s1. The van der Waals surface area contributed by atoms with E-state index in [2.05, 4.69) is 15.5 Å². The first-order valence-electron chi connectivity index (χ1n) is 8.41. The summed E-state index contributed by atoms with van der Waals surface area (Å²) in [6, 6.07) is 1.65. The van der Waals surface area contributed by atoms with Crippen LogP contribution in [0.1, 0.15) is 31.5 Å². The number of halogens is 4. The predicted molar refractivity (Wildman–Crippen MR) is 95.2 cm³/mol. The highest BCUT2D eigenvalue weighted by molar-refractivity contribution is 6.33. The van der Waals surface area contributed by atoms with Crippen LogP contribution in [0.2, 0.25) is 5.02 Å². The van der Waals surface area contributed by atoms with Crippen LogP contribution < -0.4 is 10.2 Å². The Morgan fingerprint density at radius 1 is 1.43 bits per heavy atom. The van der Waals surface area contributed by atoms with Crippen LogP contribution in [0.3, 0.4) is 0 Å². The second kappa shape index (κ2) is 7.25. The molecule has 2 aromatic rings. The van der Waals surface area contributed by atoms with Crippen LogP contribution in [-0.2, 0) is 16.4 Å². The summed E-state index contributed by atoms with van der Waals surface area (Å²) in [6.45, 7) is 3.81. The van der Waals surface area contributed by atoms with Crippen molar-refractivity contribution in [3.05, 3.63) is 34.6 Å². The first-order valence-corrected chi connectivity index (χ1v) is 8.79. The maximum atomic E-state index is 12.7. The highest BCUT2D eigenvalue weighted by Crippen LogP contribution is 2.36. The van der Waals surface area contributed by atoms with Gasteiger partial charge in [-0.2, -0.15) is 13.2 Å². The summed E-state index contributed by atoms with van der Waals surface area (Å²) in [6.07, 6.45) is -3.38. The van der Waals surface area contributed by atoms with Gasteiger partial charge in [-0.1, -0.05) is 30.6 Å². The largest absolute Gasteiger partial charge is 0.417 e. The Bertz CT molecular complexity index is 885. The second-order valence-electron chi connectivity index (χ2n) is 7.13. The van der Waals surface area contributed by atoms with Gasteiger partial charge in [0.2, 0.25) is 11.8 Å². The molecule has 3 rings (SSSR count). The molecule has 1 aliphatic rings. The van der Waals surface area contributed by atoms with Crippen LogP contribution in [-0.4, -0.2) is 40.3 Å². The molecule has 3 heterocycles. The number of anilines is 2. The van der Waals surface area contributed by atoms with Crippen LogP contribution in [0.25, 0.3) is 0 Å². The number of aliphatic hydroxyl groups is 1. The quantitative estimate of drug-likeness (QED) is 0.774. The third-order valence-corrected chi connectivity index (χ3v) is 4.87. The maximum absolute atomic E-state index is 12.7. The molecule has 0 unspecified atom stereocenters. The molecule has 28 heavy (non-hydrogen) atoms. The number of hydrogen-bond acceptors (Lipinski definition) is 6. The Labute approximate surface area is 163 Å². The minimum atomic E-state index is -4.55. The summed E-state index contributed by atoms with van der Waals surface area (Å²) in [5.74, 6) is -0.200. The van der Waals surface area contributed by atoms with E-state index in [1.54, 1.807) is 13.8 Å². The highest BCUT2D eigenvalue weighted by Gasteiger charge is 2.38. The van der Waals surface area contributed by atoms with Gasteiger partial charge in [-0.3, -0.25) is 10.1 Å². The van der Waals surface area contributed by atoms with Crippen molar-refractivity contribution in [3.63, 3.8) is 0 Å². The zero-order chi connectivity index (χ0) is 20.7. The number of rotatable bonds is 5. The fourth-order valence-corrected chi connectivity index (χ4v) is 2.92. The predicted octanol–water partition coefficient (Wildman–Crippen LogP) is 3.23. The number of amides is 1. The van der Waals surface area contributed by atoms with Crippen molar-refractivity contribution in [2.45, 2.75) is 37.9 Å². The molecule has 2 aromatic heterocycles. The molecule has 0 aromatic carbocycles. The van der Waals surface area contributed by atoms with Gasteiger partial charge in [0, 0.05) is 24.2 Å². The van der Waals surface area contributed by atoms with E-state index in [0.717, 1.165) is 6.07 Å². The molecule has 11 heteroatoms. The lowest BCUT2D eigenvalue weighted by Gasteiger charge is -2.40. The number of nitrogens with zero attached hydrogens (tertiary/aromatic N) is 3. The topological polar surface area (TPSA) is 91.5 Å². The van der Waals surface area contributed by atoms with Crippen LogP contribution in [0, 0.1) is 0 Å². The zero-order valence-electron chi connectivity index (χ0n) is 15.0. The molecular weight excluding hydrogens is 401 g/mol. The highest BCUT2D eigenvalue weighted by atomic mass is 35.5. The molecular formula is C17H18ClF3N4O3. The second-order valence-corrected chi connectivity index (χ2v) is 7.54. The molecule has 1 saturated heterocycles. The number of pyridine rings is 1. The number of alkyl halides is 3. The zero-order valence-corrected chi connectivity index (χ0v) is 15.8. The van der Waals surface area contributed by atoms with E-state index in [1.165, 1.54) is 11.0 Å². The molecule has 1 atom stereocenters. The normalized spacial score (nSPS) is 17.4. The van der Waals surface area contributed by atoms with Crippen molar-refractivity contribution < 1.29 is 27.6 Å². The van der Waals surface area contributed by atoms with Crippen LogP contribution in [0.5, 0.6) is 0 Å². The van der Waals surface area contributed by atoms with E-state index in [-0.39, 0.29) is 23.3 Å². The molecule has 0 radical (unpaired) electrons. The van der Waals surface area contributed by atoms with Crippen molar-refractivity contribution in [3.8, 4) is 0 Å². The molecule has 1 fully saturated rings. The molecule has 7 nitrogen and oxygen atoms in total. The van der Waals surface area contributed by atoms with Gasteiger partial charge in [-0.25, -0.2) is 4.98 Å². The molecule has 0 saturated carbocycles. The van der Waals surface area contributed by atoms with Gasteiger partial charge in [0.1, 0.15) is 11.9 Å². The average Bonchev–Trinajstić information content (AvgIpc) is 3.03. The number of aromatic nitrogens is 2. The van der Waals surface area contributed by atoms with Gasteiger partial charge in [0.05, 0.1) is 22.9 Å². The molecule has 0 spiro atoms. The van der Waals surface area contributed by atoms with Crippen molar-refractivity contribution >= 4 is 29.2 Å². The van der Waals surface area contributed by atoms with Crippen molar-refractivity contribution in [2.24, 2.45) is 0 Å². The lowest BCUT2D eigenvalue weighted by molar-refractivity contribution is -0.137. The summed E-state index contributed by atoms with van der Waals surface area (Å²) >= 11 is 5.95. The molecule has 0 aliphatic carbocycles. The average molecular weight is 419 g/mol. The molecule has 2 N–H and O–H groups in total. The lowest BCUT2D eigenvalue weighted by atomic mass is 9.91. The van der Waals surface area contributed by atoms with E-state index in [9.17, 15) is 23.1 Å². The lowest BCUT2D eigenvalue weighted by Crippen LogP contribution is -2.55. The number of nitrogens with one attached hydrogen (secondary N) is 1. The van der Waals surface area contributed by atoms with Crippen molar-refractivity contribution in [1.29, 1.82) is 0 Å². The minimum Gasteiger partial charge on any atom is -0.395 e. The van der Waals surface area contributed by atoms with E-state index in [0.29, 0.717) is 24.9 Å². The summed E-state index contributed by atoms with van der Waals surface area (Å²) in [4.78, 5) is 17.8. The molecule has 1 aliphatic heterocycles. The van der Waals surface area contributed by atoms with Gasteiger partial charge < -0.3 is 14.5 Å². The SMILES string of the molecule is CC(C)(CO)c1cc(NC(=O)[C@@H]2CCN2c2ncc(C(F)(F)F)cc2Cl)on1. The number of carbonyl (C=O) groups excluding carboxylic acids is 1. The monoisotopic (exact) mass is 418 g/mol. The Balaban J connectivity index is 1.71. The van der Waals surface area contributed by atoms with Gasteiger partial charge in [-0.05, 0) is 12.5 Å². The van der Waals surface area contributed by atoms with Gasteiger partial charge in [-0.15, -0.1) is 0 Å². The third kappa shape index (κ3) is 3.93. The van der Waals surface area contributed by atoms with E-state index in [4.69, 9.17) is 16.1 Å². The Kier molecular flexibility index (Phi) is 5.28. The van der Waals surface area contributed by atoms with E-state index in [1.807, 2.05) is 0 Å². The van der Waals surface area contributed by atoms with E-state index < -0.39 is 29.1 Å². The Hall–Kier alpha value is -2.33. The van der Waals surface area contributed by atoms with E-state index >= 15 is 0 Å². The van der Waals surface area contributed by atoms with Crippen LogP contribution in [0.15, 0.2) is 22.9 Å². The van der Waals surface area contributed by atoms with Gasteiger partial charge >= 0.3 is 6.18 Å². The Morgan fingerprint density at radius 3 is 2.68 bits per heavy atom. The third-order valence-electron chi connectivity index (χ3n) is 4.59. The first kappa shape index (κ1) is 20.4. The molecule has 152 valence electrons. The Morgan fingerprint density at radius 2 is 2.14 bits per heavy atom. The maximum Gasteiger partial charge on any atom is 0.417 e. The molecule has 1 amide bonds. The summed E-state index contributed by atoms with van der Waals surface area (Å²) in [5.41, 5.74) is -1.11. The van der Waals surface area contributed by atoms with Crippen LogP contribution in [0.4, 0.5) is 24.9 Å². The number of carbonyl (C=O) groups is 1.